The van der Waals surface area contributed by atoms with E-state index in [0.29, 0.717) is 12.3 Å². The monoisotopic (exact) mass is 182 g/mol. The highest BCUT2D eigenvalue weighted by molar-refractivity contribution is 5.70. The molecule has 0 aromatic carbocycles. The number of hydrogen-bond acceptors (Lipinski definition) is 2. The number of allylic oxidation sites excluding steroid dienone is 1. The molecule has 1 rings (SSSR count). The molecule has 74 valence electrons. The van der Waals surface area contributed by atoms with Crippen LogP contribution in [0.5, 0.6) is 0 Å². The Morgan fingerprint density at radius 1 is 1.38 bits per heavy atom. The first-order valence-corrected chi connectivity index (χ1v) is 5.06. The van der Waals surface area contributed by atoms with Crippen LogP contribution < -0.4 is 0 Å². The third-order valence-corrected chi connectivity index (χ3v) is 2.57. The van der Waals surface area contributed by atoms with Gasteiger partial charge in [-0.25, -0.2) is 0 Å². The van der Waals surface area contributed by atoms with E-state index in [0.717, 1.165) is 0 Å². The molecule has 0 unspecified atom stereocenters. The molecule has 0 aliphatic heterocycles. The van der Waals surface area contributed by atoms with Gasteiger partial charge in [-0.1, -0.05) is 31.4 Å². The number of carbonyl (C=O) groups is 1. The minimum absolute atomic E-state index is 0.146. The van der Waals surface area contributed by atoms with E-state index in [1.54, 1.807) is 0 Å². The van der Waals surface area contributed by atoms with Crippen molar-refractivity contribution >= 4 is 5.97 Å². The predicted octanol–water partition coefficient (Wildman–Crippen LogP) is 2.69. The fourth-order valence-corrected chi connectivity index (χ4v) is 1.77. The molecule has 0 spiro atoms. The van der Waals surface area contributed by atoms with Crippen LogP contribution in [0.15, 0.2) is 12.2 Å². The number of carbonyl (C=O) groups excluding carboxylic acids is 1. The summed E-state index contributed by atoms with van der Waals surface area (Å²) in [5.41, 5.74) is 0. The zero-order chi connectivity index (χ0) is 9.52. The summed E-state index contributed by atoms with van der Waals surface area (Å²) < 4.78 is 4.55. The van der Waals surface area contributed by atoms with E-state index in [1.807, 2.05) is 6.08 Å². The Balaban J connectivity index is 2.18. The molecule has 1 saturated carbocycles. The molecule has 1 aliphatic rings. The number of rotatable bonds is 3. The fraction of sp³-hybridized carbons (Fsp3) is 0.727. The molecule has 13 heavy (non-hydrogen) atoms. The van der Waals surface area contributed by atoms with E-state index in [9.17, 15) is 4.79 Å². The Kier molecular flexibility index (Phi) is 4.58. The summed E-state index contributed by atoms with van der Waals surface area (Å²) in [5.74, 6) is 0.561. The van der Waals surface area contributed by atoms with Gasteiger partial charge in [0.15, 0.2) is 0 Å². The summed E-state index contributed by atoms with van der Waals surface area (Å²) in [5, 5.41) is 0. The SMILES string of the molecule is COC(=O)CC=CC1CCCCC1. The van der Waals surface area contributed by atoms with Crippen molar-refractivity contribution < 1.29 is 9.53 Å². The van der Waals surface area contributed by atoms with Gasteiger partial charge in [-0.15, -0.1) is 0 Å². The van der Waals surface area contributed by atoms with Crippen molar-refractivity contribution in [3.05, 3.63) is 12.2 Å². The second-order valence-corrected chi connectivity index (χ2v) is 3.61. The van der Waals surface area contributed by atoms with Gasteiger partial charge >= 0.3 is 5.97 Å². The second-order valence-electron chi connectivity index (χ2n) is 3.61. The van der Waals surface area contributed by atoms with E-state index in [4.69, 9.17) is 0 Å². The molecule has 2 nitrogen and oxygen atoms in total. The van der Waals surface area contributed by atoms with Gasteiger partial charge < -0.3 is 4.74 Å². The number of esters is 1. The molecule has 0 heterocycles. The van der Waals surface area contributed by atoms with Crippen LogP contribution in [0.4, 0.5) is 0 Å². The molecule has 1 aliphatic carbocycles. The van der Waals surface area contributed by atoms with Crippen molar-refractivity contribution in [2.24, 2.45) is 5.92 Å². The van der Waals surface area contributed by atoms with E-state index in [2.05, 4.69) is 10.8 Å². The fourth-order valence-electron chi connectivity index (χ4n) is 1.77. The summed E-state index contributed by atoms with van der Waals surface area (Å²) in [6, 6.07) is 0. The standard InChI is InChI=1S/C11H18O2/c1-13-11(12)9-5-8-10-6-3-2-4-7-10/h5,8,10H,2-4,6-7,9H2,1H3. The lowest BCUT2D eigenvalue weighted by Gasteiger charge is -2.17. The maximum atomic E-state index is 10.8. The molecule has 0 radical (unpaired) electrons. The van der Waals surface area contributed by atoms with E-state index in [1.165, 1.54) is 39.2 Å². The zero-order valence-corrected chi connectivity index (χ0v) is 8.29. The molecule has 0 bridgehead atoms. The maximum Gasteiger partial charge on any atom is 0.309 e. The molecule has 1 fully saturated rings. The van der Waals surface area contributed by atoms with Crippen molar-refractivity contribution in [3.8, 4) is 0 Å². The smallest absolute Gasteiger partial charge is 0.309 e. The molecular formula is C11H18O2. The Morgan fingerprint density at radius 2 is 2.08 bits per heavy atom. The van der Waals surface area contributed by atoms with Gasteiger partial charge in [0, 0.05) is 0 Å². The molecule has 0 aromatic heterocycles. The number of hydrogen-bond donors (Lipinski definition) is 0. The van der Waals surface area contributed by atoms with Gasteiger partial charge in [0.1, 0.15) is 0 Å². The van der Waals surface area contributed by atoms with Gasteiger partial charge in [0.05, 0.1) is 13.5 Å². The molecule has 2 heteroatoms. The minimum atomic E-state index is -0.146. The molecule has 0 aromatic rings. The van der Waals surface area contributed by atoms with Gasteiger partial charge in [-0.3, -0.25) is 4.79 Å². The van der Waals surface area contributed by atoms with Crippen molar-refractivity contribution in [3.63, 3.8) is 0 Å². The Hall–Kier alpha value is -0.790. The van der Waals surface area contributed by atoms with Crippen molar-refractivity contribution in [1.29, 1.82) is 0 Å². The summed E-state index contributed by atoms with van der Waals surface area (Å²) in [4.78, 5) is 10.8. The third-order valence-electron chi connectivity index (χ3n) is 2.57. The van der Waals surface area contributed by atoms with Crippen LogP contribution >= 0.6 is 0 Å². The lowest BCUT2D eigenvalue weighted by molar-refractivity contribution is -0.139. The van der Waals surface area contributed by atoms with E-state index in [-0.39, 0.29) is 5.97 Å². The van der Waals surface area contributed by atoms with Crippen molar-refractivity contribution in [1.82, 2.24) is 0 Å². The van der Waals surface area contributed by atoms with Gasteiger partial charge in [-0.05, 0) is 18.8 Å². The van der Waals surface area contributed by atoms with Crippen LogP contribution in [0.25, 0.3) is 0 Å². The van der Waals surface area contributed by atoms with Crippen LogP contribution in [0.2, 0.25) is 0 Å². The summed E-state index contributed by atoms with van der Waals surface area (Å²) in [7, 11) is 1.43. The van der Waals surface area contributed by atoms with Gasteiger partial charge in [0.25, 0.3) is 0 Å². The third kappa shape index (κ3) is 4.11. The number of ether oxygens (including phenoxy) is 1. The average Bonchev–Trinajstić information content (AvgIpc) is 2.19. The largest absolute Gasteiger partial charge is 0.469 e. The van der Waals surface area contributed by atoms with Crippen LogP contribution in [0.1, 0.15) is 38.5 Å². The Labute approximate surface area is 80.0 Å². The maximum absolute atomic E-state index is 10.8. The predicted molar refractivity (Wildman–Crippen MR) is 52.3 cm³/mol. The Morgan fingerprint density at radius 3 is 2.69 bits per heavy atom. The highest BCUT2D eigenvalue weighted by Gasteiger charge is 2.09. The lowest BCUT2D eigenvalue weighted by Crippen LogP contribution is -2.03. The normalized spacial score (nSPS) is 19.2. The molecular weight excluding hydrogens is 164 g/mol. The summed E-state index contributed by atoms with van der Waals surface area (Å²) >= 11 is 0. The number of methoxy groups -OCH3 is 1. The van der Waals surface area contributed by atoms with E-state index < -0.39 is 0 Å². The molecule has 0 amide bonds. The molecule has 0 N–H and O–H groups in total. The zero-order valence-electron chi connectivity index (χ0n) is 8.29. The first kappa shape index (κ1) is 10.3. The highest BCUT2D eigenvalue weighted by Crippen LogP contribution is 2.24. The summed E-state index contributed by atoms with van der Waals surface area (Å²) in [6.07, 6.45) is 11.2. The van der Waals surface area contributed by atoms with E-state index >= 15 is 0 Å². The van der Waals surface area contributed by atoms with Gasteiger partial charge in [-0.2, -0.15) is 0 Å². The van der Waals surface area contributed by atoms with Crippen molar-refractivity contribution in [2.45, 2.75) is 38.5 Å². The van der Waals surface area contributed by atoms with Crippen molar-refractivity contribution in [2.75, 3.05) is 7.11 Å². The molecule has 0 saturated heterocycles. The Bertz CT molecular complexity index is 179. The lowest BCUT2D eigenvalue weighted by atomic mass is 9.89. The van der Waals surface area contributed by atoms with Crippen LogP contribution in [0.3, 0.4) is 0 Å². The average molecular weight is 182 g/mol. The van der Waals surface area contributed by atoms with Crippen LogP contribution in [-0.4, -0.2) is 13.1 Å². The quantitative estimate of drug-likeness (QED) is 0.495. The first-order chi connectivity index (χ1) is 6.33. The van der Waals surface area contributed by atoms with Gasteiger partial charge in [0.2, 0.25) is 0 Å². The summed E-state index contributed by atoms with van der Waals surface area (Å²) in [6.45, 7) is 0. The first-order valence-electron chi connectivity index (χ1n) is 5.06. The highest BCUT2D eigenvalue weighted by atomic mass is 16.5. The van der Waals surface area contributed by atoms with Crippen LogP contribution in [-0.2, 0) is 9.53 Å². The minimum Gasteiger partial charge on any atom is -0.469 e. The second kappa shape index (κ2) is 5.79. The van der Waals surface area contributed by atoms with Crippen LogP contribution in [0, 0.1) is 5.92 Å². The molecule has 0 atom stereocenters. The topological polar surface area (TPSA) is 26.3 Å².